The first kappa shape index (κ1) is 13.4. The minimum Gasteiger partial charge on any atom is -0.492 e. The second kappa shape index (κ2) is 6.24. The summed E-state index contributed by atoms with van der Waals surface area (Å²) in [6, 6.07) is 4.74. The molecular formula is C13H14ClN3O2. The fourth-order valence-electron chi connectivity index (χ4n) is 1.62. The van der Waals surface area contributed by atoms with Crippen molar-refractivity contribution >= 4 is 17.3 Å². The minimum absolute atomic E-state index is 0.0707. The third-order valence-electron chi connectivity index (χ3n) is 2.50. The van der Waals surface area contributed by atoms with E-state index in [1.165, 1.54) is 6.07 Å². The molecule has 0 bridgehead atoms. The Bertz CT molecular complexity index is 613. The number of pyridine rings is 2. The molecule has 0 radical (unpaired) electrons. The van der Waals surface area contributed by atoms with E-state index >= 15 is 0 Å². The van der Waals surface area contributed by atoms with Gasteiger partial charge in [0.1, 0.15) is 5.75 Å². The summed E-state index contributed by atoms with van der Waals surface area (Å²) in [6.07, 6.45) is 5.46. The van der Waals surface area contributed by atoms with Gasteiger partial charge in [0.05, 0.1) is 17.8 Å². The molecule has 2 aromatic rings. The maximum absolute atomic E-state index is 11.5. The molecule has 2 rings (SSSR count). The van der Waals surface area contributed by atoms with Crippen LogP contribution in [0.4, 0.5) is 5.69 Å². The van der Waals surface area contributed by atoms with Crippen LogP contribution >= 0.6 is 11.6 Å². The molecule has 0 saturated carbocycles. The average Bonchev–Trinajstić information content (AvgIpc) is 2.39. The summed E-state index contributed by atoms with van der Waals surface area (Å²) in [4.78, 5) is 15.4. The van der Waals surface area contributed by atoms with E-state index in [1.807, 2.05) is 0 Å². The zero-order chi connectivity index (χ0) is 13.7. The number of rotatable bonds is 5. The molecule has 0 aliphatic heterocycles. The number of nitrogens with zero attached hydrogens (tertiary/aromatic N) is 2. The van der Waals surface area contributed by atoms with Crippen LogP contribution in [-0.4, -0.2) is 16.2 Å². The highest BCUT2D eigenvalue weighted by molar-refractivity contribution is 6.30. The Kier molecular flexibility index (Phi) is 4.41. The van der Waals surface area contributed by atoms with Gasteiger partial charge in [-0.1, -0.05) is 11.6 Å². The largest absolute Gasteiger partial charge is 0.492 e. The van der Waals surface area contributed by atoms with Crippen LogP contribution in [0.2, 0.25) is 5.02 Å². The molecule has 100 valence electrons. The number of hydrogen-bond acceptors (Lipinski definition) is 4. The number of nitrogens with two attached hydrogens (primary N) is 1. The number of hydrogen-bond donors (Lipinski definition) is 1. The summed E-state index contributed by atoms with van der Waals surface area (Å²) in [5, 5.41) is 0.532. The first-order chi connectivity index (χ1) is 9.15. The summed E-state index contributed by atoms with van der Waals surface area (Å²) in [6.45, 7) is 1.03. The zero-order valence-corrected chi connectivity index (χ0v) is 11.0. The van der Waals surface area contributed by atoms with Crippen molar-refractivity contribution in [2.75, 3.05) is 12.3 Å². The van der Waals surface area contributed by atoms with Crippen LogP contribution in [0.15, 0.2) is 41.6 Å². The maximum Gasteiger partial charge on any atom is 0.250 e. The monoisotopic (exact) mass is 279 g/mol. The van der Waals surface area contributed by atoms with Crippen LogP contribution in [-0.2, 0) is 6.54 Å². The molecule has 2 heterocycles. The number of ether oxygens (including phenoxy) is 1. The Morgan fingerprint density at radius 2 is 2.21 bits per heavy atom. The fraction of sp³-hybridized carbons (Fsp3) is 0.231. The normalized spacial score (nSPS) is 10.4. The van der Waals surface area contributed by atoms with E-state index in [0.29, 0.717) is 36.0 Å². The fourth-order valence-corrected chi connectivity index (χ4v) is 1.78. The molecule has 0 aliphatic rings. The first-order valence-electron chi connectivity index (χ1n) is 5.84. The van der Waals surface area contributed by atoms with Gasteiger partial charge < -0.3 is 15.0 Å². The van der Waals surface area contributed by atoms with Crippen molar-refractivity contribution in [2.45, 2.75) is 13.0 Å². The third-order valence-corrected chi connectivity index (χ3v) is 2.70. The van der Waals surface area contributed by atoms with Crippen molar-refractivity contribution in [1.29, 1.82) is 0 Å². The minimum atomic E-state index is -0.0707. The second-order valence-corrected chi connectivity index (χ2v) is 4.47. The van der Waals surface area contributed by atoms with Gasteiger partial charge in [-0.2, -0.15) is 0 Å². The molecule has 0 saturated heterocycles. The van der Waals surface area contributed by atoms with Gasteiger partial charge in [0.15, 0.2) is 0 Å². The predicted molar refractivity (Wildman–Crippen MR) is 74.5 cm³/mol. The van der Waals surface area contributed by atoms with Gasteiger partial charge in [-0.05, 0) is 12.5 Å². The second-order valence-electron chi connectivity index (χ2n) is 4.03. The van der Waals surface area contributed by atoms with Crippen LogP contribution in [0.1, 0.15) is 6.42 Å². The van der Waals surface area contributed by atoms with Crippen LogP contribution in [0.25, 0.3) is 0 Å². The predicted octanol–water partition coefficient (Wildman–Crippen LogP) is 1.95. The van der Waals surface area contributed by atoms with E-state index in [0.717, 1.165) is 0 Å². The summed E-state index contributed by atoms with van der Waals surface area (Å²) < 4.78 is 7.05. The number of aryl methyl sites for hydroxylation is 1. The van der Waals surface area contributed by atoms with Crippen LogP contribution < -0.4 is 16.0 Å². The number of anilines is 1. The van der Waals surface area contributed by atoms with Gasteiger partial charge in [0.25, 0.3) is 5.56 Å². The molecule has 0 fully saturated rings. The summed E-state index contributed by atoms with van der Waals surface area (Å²) in [7, 11) is 0. The molecule has 0 unspecified atom stereocenters. The molecule has 0 aliphatic carbocycles. The summed E-state index contributed by atoms with van der Waals surface area (Å²) >= 11 is 5.79. The molecule has 2 aromatic heterocycles. The van der Waals surface area contributed by atoms with Crippen molar-refractivity contribution in [3.05, 3.63) is 52.2 Å². The molecule has 0 aromatic carbocycles. The smallest absolute Gasteiger partial charge is 0.250 e. The average molecular weight is 280 g/mol. The van der Waals surface area contributed by atoms with Gasteiger partial charge in [0.2, 0.25) is 0 Å². The Balaban J connectivity index is 1.84. The lowest BCUT2D eigenvalue weighted by molar-refractivity contribution is 0.300. The van der Waals surface area contributed by atoms with Crippen LogP contribution in [0.5, 0.6) is 5.75 Å². The van der Waals surface area contributed by atoms with Gasteiger partial charge >= 0.3 is 0 Å². The zero-order valence-electron chi connectivity index (χ0n) is 10.3. The summed E-state index contributed by atoms with van der Waals surface area (Å²) in [5.74, 6) is 0.618. The topological polar surface area (TPSA) is 70.1 Å². The Morgan fingerprint density at radius 3 is 3.00 bits per heavy atom. The van der Waals surface area contributed by atoms with Gasteiger partial charge in [0, 0.05) is 36.8 Å². The Labute approximate surface area is 115 Å². The molecule has 0 amide bonds. The lowest BCUT2D eigenvalue weighted by atomic mass is 10.4. The van der Waals surface area contributed by atoms with Crippen molar-refractivity contribution in [2.24, 2.45) is 0 Å². The van der Waals surface area contributed by atoms with Crippen molar-refractivity contribution in [3.8, 4) is 5.75 Å². The SMILES string of the molecule is Nc1ccc(=O)n(CCCOc2cncc(Cl)c2)c1. The van der Waals surface area contributed by atoms with Gasteiger partial charge in [-0.25, -0.2) is 0 Å². The number of nitrogen functional groups attached to an aromatic ring is 1. The molecule has 5 nitrogen and oxygen atoms in total. The molecule has 0 atom stereocenters. The lowest BCUT2D eigenvalue weighted by Crippen LogP contribution is -2.20. The Hall–Kier alpha value is -2.01. The van der Waals surface area contributed by atoms with E-state index in [-0.39, 0.29) is 5.56 Å². The molecule has 6 heteroatoms. The maximum atomic E-state index is 11.5. The third kappa shape index (κ3) is 3.99. The van der Waals surface area contributed by atoms with E-state index in [9.17, 15) is 4.79 Å². The quantitative estimate of drug-likeness (QED) is 0.849. The highest BCUT2D eigenvalue weighted by atomic mass is 35.5. The first-order valence-corrected chi connectivity index (χ1v) is 6.22. The van der Waals surface area contributed by atoms with Crippen LogP contribution in [0, 0.1) is 0 Å². The molecule has 2 N–H and O–H groups in total. The van der Waals surface area contributed by atoms with Crippen LogP contribution in [0.3, 0.4) is 0 Å². The highest BCUT2D eigenvalue weighted by Gasteiger charge is 1.99. The summed E-state index contributed by atoms with van der Waals surface area (Å²) in [5.41, 5.74) is 6.12. The Morgan fingerprint density at radius 1 is 1.37 bits per heavy atom. The van der Waals surface area contributed by atoms with E-state index in [2.05, 4.69) is 4.98 Å². The van der Waals surface area contributed by atoms with Gasteiger partial charge in [-0.15, -0.1) is 0 Å². The van der Waals surface area contributed by atoms with Crippen molar-refractivity contribution < 1.29 is 4.74 Å². The highest BCUT2D eigenvalue weighted by Crippen LogP contribution is 2.15. The lowest BCUT2D eigenvalue weighted by Gasteiger charge is -2.08. The van der Waals surface area contributed by atoms with Crippen molar-refractivity contribution in [3.63, 3.8) is 0 Å². The van der Waals surface area contributed by atoms with E-state index in [1.54, 1.807) is 35.3 Å². The number of aromatic nitrogens is 2. The number of halogens is 1. The standard InChI is InChI=1S/C13H14ClN3O2/c14-10-6-12(8-16-7-10)19-5-1-4-17-9-11(15)2-3-13(17)18/h2-3,6-9H,1,4-5,15H2. The molecule has 0 spiro atoms. The van der Waals surface area contributed by atoms with E-state index in [4.69, 9.17) is 22.1 Å². The van der Waals surface area contributed by atoms with Gasteiger partial charge in [-0.3, -0.25) is 9.78 Å². The molecular weight excluding hydrogens is 266 g/mol. The van der Waals surface area contributed by atoms with Crippen molar-refractivity contribution in [1.82, 2.24) is 9.55 Å². The van der Waals surface area contributed by atoms with E-state index < -0.39 is 0 Å². The molecule has 19 heavy (non-hydrogen) atoms.